The van der Waals surface area contributed by atoms with E-state index in [1.165, 1.54) is 0 Å². The maximum atomic E-state index is 12.6. The number of amides is 2. The number of carbonyl (C=O) groups excluding carboxylic acids is 2. The molecule has 0 bridgehead atoms. The normalized spacial score (nSPS) is 23.6. The lowest BCUT2D eigenvalue weighted by Crippen LogP contribution is -2.51. The summed E-state index contributed by atoms with van der Waals surface area (Å²) in [5, 5.41) is 0. The van der Waals surface area contributed by atoms with Gasteiger partial charge in [0.25, 0.3) is 5.91 Å². The third kappa shape index (κ3) is 4.12. The van der Waals surface area contributed by atoms with E-state index in [9.17, 15) is 9.59 Å². The number of rotatable bonds is 4. The number of piperazine rings is 1. The number of carbonyl (C=O) groups is 2. The molecule has 2 fully saturated rings. The van der Waals surface area contributed by atoms with E-state index in [1.54, 1.807) is 31.4 Å². The van der Waals surface area contributed by atoms with E-state index in [2.05, 4.69) is 0 Å². The van der Waals surface area contributed by atoms with Crippen LogP contribution in [0.3, 0.4) is 0 Å². The highest BCUT2D eigenvalue weighted by Gasteiger charge is 2.30. The summed E-state index contributed by atoms with van der Waals surface area (Å²) in [5.41, 5.74) is 6.72. The number of ether oxygens (including phenoxy) is 1. The number of hydrogen-bond donors (Lipinski definition) is 1. The second-order valence-electron chi connectivity index (χ2n) is 6.96. The summed E-state index contributed by atoms with van der Waals surface area (Å²) in [5.74, 6) is 1.25. The Balaban J connectivity index is 1.50. The second kappa shape index (κ2) is 7.87. The minimum absolute atomic E-state index is 0.00701. The maximum Gasteiger partial charge on any atom is 0.253 e. The first-order valence-electron chi connectivity index (χ1n) is 9.05. The zero-order valence-corrected chi connectivity index (χ0v) is 14.8. The lowest BCUT2D eigenvalue weighted by molar-refractivity contribution is -0.133. The van der Waals surface area contributed by atoms with Gasteiger partial charge < -0.3 is 20.3 Å². The number of benzene rings is 1. The van der Waals surface area contributed by atoms with Crippen molar-refractivity contribution in [1.82, 2.24) is 9.80 Å². The molecular weight excluding hydrogens is 318 g/mol. The van der Waals surface area contributed by atoms with Gasteiger partial charge in [-0.2, -0.15) is 0 Å². The third-order valence-corrected chi connectivity index (χ3v) is 5.41. The van der Waals surface area contributed by atoms with Gasteiger partial charge in [0.05, 0.1) is 7.11 Å². The van der Waals surface area contributed by atoms with E-state index in [1.807, 2.05) is 9.80 Å². The van der Waals surface area contributed by atoms with Crippen LogP contribution in [0.25, 0.3) is 0 Å². The van der Waals surface area contributed by atoms with Crippen molar-refractivity contribution in [1.29, 1.82) is 0 Å². The van der Waals surface area contributed by atoms with Crippen LogP contribution < -0.4 is 10.5 Å². The first-order chi connectivity index (χ1) is 12.1. The molecule has 3 rings (SSSR count). The van der Waals surface area contributed by atoms with Gasteiger partial charge in [0, 0.05) is 44.2 Å². The summed E-state index contributed by atoms with van der Waals surface area (Å²) in [7, 11) is 1.60. The Morgan fingerprint density at radius 1 is 1.08 bits per heavy atom. The minimum atomic E-state index is 0.00701. The molecule has 1 aromatic rings. The summed E-state index contributed by atoms with van der Waals surface area (Å²) in [4.78, 5) is 28.7. The molecule has 1 aliphatic heterocycles. The van der Waals surface area contributed by atoms with Gasteiger partial charge >= 0.3 is 0 Å². The summed E-state index contributed by atoms with van der Waals surface area (Å²) >= 11 is 0. The molecule has 1 aromatic carbocycles. The first-order valence-corrected chi connectivity index (χ1v) is 9.05. The van der Waals surface area contributed by atoms with Gasteiger partial charge in [0.1, 0.15) is 5.75 Å². The maximum absolute atomic E-state index is 12.6. The molecule has 25 heavy (non-hydrogen) atoms. The van der Waals surface area contributed by atoms with Crippen molar-refractivity contribution in [2.75, 3.05) is 33.3 Å². The Kier molecular flexibility index (Phi) is 5.58. The average molecular weight is 345 g/mol. The molecule has 1 heterocycles. The van der Waals surface area contributed by atoms with Crippen LogP contribution in [0.5, 0.6) is 5.75 Å². The molecule has 2 amide bonds. The topological polar surface area (TPSA) is 75.9 Å². The zero-order chi connectivity index (χ0) is 17.8. The van der Waals surface area contributed by atoms with Crippen LogP contribution in [0, 0.1) is 5.92 Å². The van der Waals surface area contributed by atoms with Crippen LogP contribution >= 0.6 is 0 Å². The fourth-order valence-electron chi connectivity index (χ4n) is 3.75. The van der Waals surface area contributed by atoms with E-state index < -0.39 is 0 Å². The molecule has 1 saturated heterocycles. The molecular formula is C19H27N3O3. The Morgan fingerprint density at radius 2 is 1.72 bits per heavy atom. The molecule has 0 unspecified atom stereocenters. The molecule has 0 spiro atoms. The summed E-state index contributed by atoms with van der Waals surface area (Å²) < 4.78 is 5.12. The Hall–Kier alpha value is -2.08. The summed E-state index contributed by atoms with van der Waals surface area (Å²) in [6.07, 6.45) is 3.77. The van der Waals surface area contributed by atoms with Crippen molar-refractivity contribution in [3.63, 3.8) is 0 Å². The Morgan fingerprint density at radius 3 is 2.28 bits per heavy atom. The minimum Gasteiger partial charge on any atom is -0.497 e. The van der Waals surface area contributed by atoms with Crippen LogP contribution in [-0.2, 0) is 4.79 Å². The van der Waals surface area contributed by atoms with Gasteiger partial charge in [-0.05, 0) is 43.0 Å². The lowest BCUT2D eigenvalue weighted by Gasteiger charge is -2.35. The SMILES string of the molecule is COc1ccc(C(=O)N2CCN(C(=O)C[C@@H]3CCC[C@H]3N)CC2)cc1. The molecule has 2 atom stereocenters. The third-order valence-electron chi connectivity index (χ3n) is 5.41. The van der Waals surface area contributed by atoms with E-state index in [0.29, 0.717) is 44.1 Å². The largest absolute Gasteiger partial charge is 0.497 e. The van der Waals surface area contributed by atoms with Crippen molar-refractivity contribution < 1.29 is 14.3 Å². The predicted molar refractivity (Wildman–Crippen MR) is 95.4 cm³/mol. The summed E-state index contributed by atoms with van der Waals surface area (Å²) in [6.45, 7) is 2.35. The van der Waals surface area contributed by atoms with Gasteiger partial charge in [0.2, 0.25) is 5.91 Å². The van der Waals surface area contributed by atoms with Gasteiger partial charge in [-0.15, -0.1) is 0 Å². The van der Waals surface area contributed by atoms with Crippen LogP contribution in [0.2, 0.25) is 0 Å². The fourth-order valence-corrected chi connectivity index (χ4v) is 3.75. The average Bonchev–Trinajstić information content (AvgIpc) is 3.06. The smallest absolute Gasteiger partial charge is 0.253 e. The van der Waals surface area contributed by atoms with Gasteiger partial charge in [-0.3, -0.25) is 9.59 Å². The number of hydrogen-bond acceptors (Lipinski definition) is 4. The highest BCUT2D eigenvalue weighted by Crippen LogP contribution is 2.27. The van der Waals surface area contributed by atoms with E-state index in [-0.39, 0.29) is 17.9 Å². The Labute approximate surface area is 148 Å². The highest BCUT2D eigenvalue weighted by molar-refractivity contribution is 5.94. The van der Waals surface area contributed by atoms with Gasteiger partial charge in [-0.1, -0.05) is 6.42 Å². The quantitative estimate of drug-likeness (QED) is 0.897. The fraction of sp³-hybridized carbons (Fsp3) is 0.579. The lowest BCUT2D eigenvalue weighted by atomic mass is 9.99. The van der Waals surface area contributed by atoms with Crippen LogP contribution in [0.15, 0.2) is 24.3 Å². The van der Waals surface area contributed by atoms with E-state index in [0.717, 1.165) is 25.0 Å². The summed E-state index contributed by atoms with van der Waals surface area (Å²) in [6, 6.07) is 7.30. The molecule has 6 nitrogen and oxygen atoms in total. The van der Waals surface area contributed by atoms with Crippen LogP contribution in [0.4, 0.5) is 0 Å². The van der Waals surface area contributed by atoms with E-state index in [4.69, 9.17) is 10.5 Å². The molecule has 1 saturated carbocycles. The predicted octanol–water partition coefficient (Wildman–Crippen LogP) is 1.50. The van der Waals surface area contributed by atoms with Crippen molar-refractivity contribution >= 4 is 11.8 Å². The van der Waals surface area contributed by atoms with Crippen molar-refractivity contribution in [2.24, 2.45) is 11.7 Å². The molecule has 0 radical (unpaired) electrons. The number of nitrogens with two attached hydrogens (primary N) is 1. The highest BCUT2D eigenvalue weighted by atomic mass is 16.5. The molecule has 6 heteroatoms. The second-order valence-corrected chi connectivity index (χ2v) is 6.96. The van der Waals surface area contributed by atoms with Gasteiger partial charge in [0.15, 0.2) is 0 Å². The first kappa shape index (κ1) is 17.7. The van der Waals surface area contributed by atoms with Crippen molar-refractivity contribution in [3.8, 4) is 5.75 Å². The van der Waals surface area contributed by atoms with E-state index >= 15 is 0 Å². The number of methoxy groups -OCH3 is 1. The molecule has 136 valence electrons. The van der Waals surface area contributed by atoms with Crippen LogP contribution in [0.1, 0.15) is 36.0 Å². The number of nitrogens with zero attached hydrogens (tertiary/aromatic N) is 2. The van der Waals surface area contributed by atoms with Crippen molar-refractivity contribution in [3.05, 3.63) is 29.8 Å². The molecule has 1 aliphatic carbocycles. The standard InChI is InChI=1S/C19H27N3O3/c1-25-16-7-5-14(6-8-16)19(24)22-11-9-21(10-12-22)18(23)13-15-3-2-4-17(15)20/h5-8,15,17H,2-4,9-13,20H2,1H3/t15-,17+/m0/s1. The molecule has 2 N–H and O–H groups in total. The van der Waals surface area contributed by atoms with Crippen LogP contribution in [-0.4, -0.2) is 60.9 Å². The molecule has 0 aromatic heterocycles. The zero-order valence-electron chi connectivity index (χ0n) is 14.8. The van der Waals surface area contributed by atoms with Crippen molar-refractivity contribution in [2.45, 2.75) is 31.7 Å². The molecule has 2 aliphatic rings. The van der Waals surface area contributed by atoms with Gasteiger partial charge in [-0.25, -0.2) is 0 Å². The Bertz CT molecular complexity index is 609. The monoisotopic (exact) mass is 345 g/mol.